The highest BCUT2D eigenvalue weighted by atomic mass is 16.2. The summed E-state index contributed by atoms with van der Waals surface area (Å²) in [5.41, 5.74) is 9.04. The van der Waals surface area contributed by atoms with Crippen LogP contribution in [0.1, 0.15) is 28.7 Å². The summed E-state index contributed by atoms with van der Waals surface area (Å²) in [5, 5.41) is 4.22. The molecule has 1 aromatic carbocycles. The van der Waals surface area contributed by atoms with Gasteiger partial charge in [0.1, 0.15) is 5.69 Å². The van der Waals surface area contributed by atoms with Gasteiger partial charge in [-0.25, -0.2) is 0 Å². The lowest BCUT2D eigenvalue weighted by atomic mass is 10.1. The van der Waals surface area contributed by atoms with E-state index in [-0.39, 0.29) is 5.91 Å². The maximum absolute atomic E-state index is 12.6. The van der Waals surface area contributed by atoms with Gasteiger partial charge in [-0.3, -0.25) is 9.48 Å². The number of carbonyl (C=O) groups is 1. The minimum absolute atomic E-state index is 0.0288. The lowest BCUT2D eigenvalue weighted by Crippen LogP contribution is -2.32. The number of hydrogen-bond donors (Lipinski definition) is 1. The van der Waals surface area contributed by atoms with Crippen LogP contribution in [-0.2, 0) is 13.6 Å². The van der Waals surface area contributed by atoms with Gasteiger partial charge < -0.3 is 10.6 Å². The van der Waals surface area contributed by atoms with Gasteiger partial charge in [0.25, 0.3) is 5.91 Å². The highest BCUT2D eigenvalue weighted by Crippen LogP contribution is 2.15. The molecular formula is C15H20N4O. The van der Waals surface area contributed by atoms with Crippen LogP contribution in [-0.4, -0.2) is 27.1 Å². The van der Waals surface area contributed by atoms with Crippen molar-refractivity contribution < 1.29 is 4.79 Å². The zero-order valence-electron chi connectivity index (χ0n) is 12.1. The third-order valence-electron chi connectivity index (χ3n) is 3.31. The van der Waals surface area contributed by atoms with Crippen LogP contribution in [0.4, 0.5) is 5.69 Å². The molecule has 0 aliphatic heterocycles. The molecule has 20 heavy (non-hydrogen) atoms. The van der Waals surface area contributed by atoms with Crippen LogP contribution in [0.5, 0.6) is 0 Å². The molecule has 0 aliphatic carbocycles. The second-order valence-electron chi connectivity index (χ2n) is 4.81. The van der Waals surface area contributed by atoms with E-state index in [1.165, 1.54) is 0 Å². The Balaban J connectivity index is 2.22. The molecule has 0 atom stereocenters. The number of nitrogen functional groups attached to an aromatic ring is 1. The van der Waals surface area contributed by atoms with Crippen LogP contribution < -0.4 is 5.73 Å². The van der Waals surface area contributed by atoms with E-state index in [2.05, 4.69) is 5.10 Å². The molecule has 0 saturated heterocycles. The van der Waals surface area contributed by atoms with Gasteiger partial charge in [0, 0.05) is 25.8 Å². The second kappa shape index (κ2) is 5.77. The molecule has 2 rings (SSSR count). The average molecular weight is 272 g/mol. The lowest BCUT2D eigenvalue weighted by molar-refractivity contribution is 0.0742. The van der Waals surface area contributed by atoms with Crippen LogP contribution in [0.3, 0.4) is 0 Å². The molecule has 2 N–H and O–H groups in total. The lowest BCUT2D eigenvalue weighted by Gasteiger charge is -2.21. The molecule has 0 bridgehead atoms. The fourth-order valence-corrected chi connectivity index (χ4v) is 2.18. The summed E-state index contributed by atoms with van der Waals surface area (Å²) in [6, 6.07) is 9.42. The molecule has 0 fully saturated rings. The first-order chi connectivity index (χ1) is 9.52. The van der Waals surface area contributed by atoms with E-state index < -0.39 is 0 Å². The van der Waals surface area contributed by atoms with Crippen LogP contribution in [0.25, 0.3) is 0 Å². The summed E-state index contributed by atoms with van der Waals surface area (Å²) in [6.45, 7) is 4.96. The number of hydrogen-bond acceptors (Lipinski definition) is 3. The van der Waals surface area contributed by atoms with E-state index in [0.717, 1.165) is 11.3 Å². The van der Waals surface area contributed by atoms with Crippen molar-refractivity contribution in [2.75, 3.05) is 12.3 Å². The zero-order valence-corrected chi connectivity index (χ0v) is 12.1. The van der Waals surface area contributed by atoms with E-state index in [1.54, 1.807) is 22.7 Å². The number of carbonyl (C=O) groups excluding carboxylic acids is 1. The summed E-state index contributed by atoms with van der Waals surface area (Å²) in [5.74, 6) is -0.0288. The number of aryl methyl sites for hydroxylation is 2. The molecule has 0 aliphatic rings. The Hall–Kier alpha value is -2.30. The van der Waals surface area contributed by atoms with Crippen molar-refractivity contribution in [3.63, 3.8) is 0 Å². The number of benzene rings is 1. The first-order valence-electron chi connectivity index (χ1n) is 6.66. The third kappa shape index (κ3) is 2.82. The quantitative estimate of drug-likeness (QED) is 0.865. The summed E-state index contributed by atoms with van der Waals surface area (Å²) >= 11 is 0. The zero-order chi connectivity index (χ0) is 14.7. The summed E-state index contributed by atoms with van der Waals surface area (Å²) in [6.07, 6.45) is 0. The molecule has 5 nitrogen and oxygen atoms in total. The largest absolute Gasteiger partial charge is 0.398 e. The van der Waals surface area contributed by atoms with Crippen molar-refractivity contribution in [2.24, 2.45) is 7.05 Å². The van der Waals surface area contributed by atoms with E-state index in [4.69, 9.17) is 5.73 Å². The Labute approximate surface area is 119 Å². The van der Waals surface area contributed by atoms with Gasteiger partial charge in [-0.05, 0) is 31.5 Å². The SMILES string of the molecule is CCN(Cc1ccccc1N)C(=O)c1cc(C)nn1C. The Morgan fingerprint density at radius 3 is 2.65 bits per heavy atom. The minimum atomic E-state index is -0.0288. The van der Waals surface area contributed by atoms with Gasteiger partial charge in [0.15, 0.2) is 0 Å². The Bertz CT molecular complexity index is 618. The Morgan fingerprint density at radius 1 is 1.40 bits per heavy atom. The summed E-state index contributed by atoms with van der Waals surface area (Å²) in [7, 11) is 1.78. The molecule has 5 heteroatoms. The van der Waals surface area contributed by atoms with Crippen molar-refractivity contribution in [1.82, 2.24) is 14.7 Å². The summed E-state index contributed by atoms with van der Waals surface area (Å²) < 4.78 is 1.62. The van der Waals surface area contributed by atoms with Crippen LogP contribution in [0, 0.1) is 6.92 Å². The normalized spacial score (nSPS) is 10.6. The van der Waals surface area contributed by atoms with E-state index in [1.807, 2.05) is 38.1 Å². The standard InChI is InChI=1S/C15H20N4O/c1-4-19(10-12-7-5-6-8-13(12)16)15(20)14-9-11(2)17-18(14)3/h5-9H,4,10,16H2,1-3H3. The first kappa shape index (κ1) is 14.1. The third-order valence-corrected chi connectivity index (χ3v) is 3.31. The fourth-order valence-electron chi connectivity index (χ4n) is 2.18. The molecule has 1 aromatic heterocycles. The van der Waals surface area contributed by atoms with Crippen molar-refractivity contribution in [2.45, 2.75) is 20.4 Å². The number of amides is 1. The smallest absolute Gasteiger partial charge is 0.272 e. The highest BCUT2D eigenvalue weighted by Gasteiger charge is 2.19. The maximum atomic E-state index is 12.6. The maximum Gasteiger partial charge on any atom is 0.272 e. The Kier molecular flexibility index (Phi) is 4.08. The molecule has 0 unspecified atom stereocenters. The van der Waals surface area contributed by atoms with E-state index in [0.29, 0.717) is 24.5 Å². The number of rotatable bonds is 4. The van der Waals surface area contributed by atoms with Gasteiger partial charge in [-0.15, -0.1) is 0 Å². The van der Waals surface area contributed by atoms with Crippen molar-refractivity contribution in [1.29, 1.82) is 0 Å². The molecule has 2 aromatic rings. The monoisotopic (exact) mass is 272 g/mol. The van der Waals surface area contributed by atoms with Crippen LogP contribution in [0.15, 0.2) is 30.3 Å². The van der Waals surface area contributed by atoms with E-state index in [9.17, 15) is 4.79 Å². The molecule has 1 heterocycles. The predicted octanol–water partition coefficient (Wildman–Crippen LogP) is 1.97. The number of nitrogens with two attached hydrogens (primary N) is 1. The number of aromatic nitrogens is 2. The summed E-state index contributed by atoms with van der Waals surface area (Å²) in [4.78, 5) is 14.3. The molecule has 106 valence electrons. The van der Waals surface area contributed by atoms with Crippen molar-refractivity contribution in [3.05, 3.63) is 47.3 Å². The predicted molar refractivity (Wildman–Crippen MR) is 79.2 cm³/mol. The molecule has 0 spiro atoms. The average Bonchev–Trinajstić information content (AvgIpc) is 2.76. The van der Waals surface area contributed by atoms with Gasteiger partial charge in [-0.1, -0.05) is 18.2 Å². The highest BCUT2D eigenvalue weighted by molar-refractivity contribution is 5.92. The molecular weight excluding hydrogens is 252 g/mol. The molecule has 1 amide bonds. The number of nitrogens with zero attached hydrogens (tertiary/aromatic N) is 3. The van der Waals surface area contributed by atoms with E-state index >= 15 is 0 Å². The van der Waals surface area contributed by atoms with Gasteiger partial charge in [0.05, 0.1) is 5.69 Å². The Morgan fingerprint density at radius 2 is 2.10 bits per heavy atom. The van der Waals surface area contributed by atoms with Crippen LogP contribution >= 0.6 is 0 Å². The second-order valence-corrected chi connectivity index (χ2v) is 4.81. The molecule has 0 radical (unpaired) electrons. The fraction of sp³-hybridized carbons (Fsp3) is 0.333. The first-order valence-corrected chi connectivity index (χ1v) is 6.66. The number of para-hydroxylation sites is 1. The van der Waals surface area contributed by atoms with Gasteiger partial charge >= 0.3 is 0 Å². The topological polar surface area (TPSA) is 64.2 Å². The molecule has 0 saturated carbocycles. The van der Waals surface area contributed by atoms with Crippen LogP contribution in [0.2, 0.25) is 0 Å². The van der Waals surface area contributed by atoms with Gasteiger partial charge in [0.2, 0.25) is 0 Å². The van der Waals surface area contributed by atoms with Gasteiger partial charge in [-0.2, -0.15) is 5.10 Å². The minimum Gasteiger partial charge on any atom is -0.398 e. The van der Waals surface area contributed by atoms with Crippen molar-refractivity contribution >= 4 is 11.6 Å². The number of anilines is 1. The van der Waals surface area contributed by atoms with Crippen molar-refractivity contribution in [3.8, 4) is 0 Å².